The van der Waals surface area contributed by atoms with Crippen LogP contribution in [-0.2, 0) is 14.8 Å². The molecule has 0 spiro atoms. The SMILES string of the molecule is CC[C@H](C)NCC(=O)Nc1ccc(S(N)(=O)=O)cc1. The Morgan fingerprint density at radius 1 is 1.32 bits per heavy atom. The Labute approximate surface area is 113 Å². The molecule has 4 N–H and O–H groups in total. The van der Waals surface area contributed by atoms with Crippen molar-refractivity contribution in [3.05, 3.63) is 24.3 Å². The largest absolute Gasteiger partial charge is 0.325 e. The van der Waals surface area contributed by atoms with Gasteiger partial charge < -0.3 is 10.6 Å². The molecule has 0 aromatic heterocycles. The second kappa shape index (κ2) is 6.65. The Morgan fingerprint density at radius 3 is 2.37 bits per heavy atom. The van der Waals surface area contributed by atoms with Crippen LogP contribution in [-0.4, -0.2) is 26.9 Å². The van der Waals surface area contributed by atoms with Gasteiger partial charge in [0.15, 0.2) is 0 Å². The van der Waals surface area contributed by atoms with E-state index in [-0.39, 0.29) is 23.4 Å². The summed E-state index contributed by atoms with van der Waals surface area (Å²) in [7, 11) is -3.70. The highest BCUT2D eigenvalue weighted by atomic mass is 32.2. The normalized spacial score (nSPS) is 13.0. The molecule has 0 radical (unpaired) electrons. The molecule has 19 heavy (non-hydrogen) atoms. The third-order valence-corrected chi connectivity index (χ3v) is 3.62. The fourth-order valence-corrected chi connectivity index (χ4v) is 1.86. The standard InChI is InChI=1S/C12H19N3O3S/c1-3-9(2)14-8-12(16)15-10-4-6-11(7-5-10)19(13,17)18/h4-7,9,14H,3,8H2,1-2H3,(H,15,16)(H2,13,17,18)/t9-/m0/s1. The zero-order chi connectivity index (χ0) is 14.5. The molecule has 1 rings (SSSR count). The van der Waals surface area contributed by atoms with E-state index in [0.717, 1.165) is 6.42 Å². The first kappa shape index (κ1) is 15.6. The van der Waals surface area contributed by atoms with Crippen LogP contribution in [0, 0.1) is 0 Å². The molecule has 0 fully saturated rings. The monoisotopic (exact) mass is 285 g/mol. The molecule has 6 nitrogen and oxygen atoms in total. The van der Waals surface area contributed by atoms with Crippen LogP contribution in [0.2, 0.25) is 0 Å². The molecule has 0 aliphatic carbocycles. The molecule has 1 atom stereocenters. The van der Waals surface area contributed by atoms with E-state index in [0.29, 0.717) is 5.69 Å². The van der Waals surface area contributed by atoms with Crippen LogP contribution >= 0.6 is 0 Å². The lowest BCUT2D eigenvalue weighted by molar-refractivity contribution is -0.115. The van der Waals surface area contributed by atoms with E-state index in [1.165, 1.54) is 24.3 Å². The number of hydrogen-bond acceptors (Lipinski definition) is 4. The van der Waals surface area contributed by atoms with Crippen LogP contribution in [0.25, 0.3) is 0 Å². The summed E-state index contributed by atoms with van der Waals surface area (Å²) in [6, 6.07) is 5.98. The van der Waals surface area contributed by atoms with E-state index in [1.807, 2.05) is 13.8 Å². The first-order chi connectivity index (χ1) is 8.82. The third kappa shape index (κ3) is 5.37. The molecule has 0 saturated carbocycles. The van der Waals surface area contributed by atoms with E-state index in [4.69, 9.17) is 5.14 Å². The van der Waals surface area contributed by atoms with E-state index in [2.05, 4.69) is 10.6 Å². The van der Waals surface area contributed by atoms with Crippen molar-refractivity contribution in [2.24, 2.45) is 5.14 Å². The van der Waals surface area contributed by atoms with Crippen LogP contribution in [0.3, 0.4) is 0 Å². The molecule has 7 heteroatoms. The zero-order valence-electron chi connectivity index (χ0n) is 11.0. The van der Waals surface area contributed by atoms with Crippen molar-refractivity contribution < 1.29 is 13.2 Å². The molecular formula is C12H19N3O3S. The van der Waals surface area contributed by atoms with Gasteiger partial charge in [-0.05, 0) is 37.6 Å². The summed E-state index contributed by atoms with van der Waals surface area (Å²) in [5, 5.41) is 10.7. The molecule has 106 valence electrons. The number of hydrogen-bond donors (Lipinski definition) is 3. The number of sulfonamides is 1. The van der Waals surface area contributed by atoms with Crippen molar-refractivity contribution in [2.45, 2.75) is 31.2 Å². The smallest absolute Gasteiger partial charge is 0.238 e. The second-order valence-electron chi connectivity index (χ2n) is 4.31. The number of nitrogens with one attached hydrogen (secondary N) is 2. The van der Waals surface area contributed by atoms with E-state index in [1.54, 1.807) is 0 Å². The third-order valence-electron chi connectivity index (χ3n) is 2.69. The van der Waals surface area contributed by atoms with Gasteiger partial charge in [0.25, 0.3) is 0 Å². The summed E-state index contributed by atoms with van der Waals surface area (Å²) in [4.78, 5) is 11.6. The van der Waals surface area contributed by atoms with E-state index in [9.17, 15) is 13.2 Å². The molecule has 0 unspecified atom stereocenters. The van der Waals surface area contributed by atoms with Crippen LogP contribution in [0.5, 0.6) is 0 Å². The molecular weight excluding hydrogens is 266 g/mol. The Kier molecular flexibility index (Phi) is 5.46. The number of carbonyl (C=O) groups excluding carboxylic acids is 1. The van der Waals surface area contributed by atoms with Crippen LogP contribution in [0.15, 0.2) is 29.2 Å². The minimum Gasteiger partial charge on any atom is -0.325 e. The lowest BCUT2D eigenvalue weighted by atomic mass is 10.2. The van der Waals surface area contributed by atoms with Gasteiger partial charge in [-0.15, -0.1) is 0 Å². The number of rotatable bonds is 6. The number of carbonyl (C=O) groups is 1. The number of primary sulfonamides is 1. The first-order valence-electron chi connectivity index (χ1n) is 5.99. The minimum atomic E-state index is -3.70. The number of nitrogens with two attached hydrogens (primary N) is 1. The Balaban J connectivity index is 2.56. The predicted octanol–water partition coefficient (Wildman–Crippen LogP) is 0.661. The molecule has 0 saturated heterocycles. The van der Waals surface area contributed by atoms with Crippen LogP contribution in [0.4, 0.5) is 5.69 Å². The average Bonchev–Trinajstić information content (AvgIpc) is 2.35. The van der Waals surface area contributed by atoms with Gasteiger partial charge in [-0.25, -0.2) is 13.6 Å². The van der Waals surface area contributed by atoms with Gasteiger partial charge in [0.05, 0.1) is 11.4 Å². The summed E-state index contributed by atoms with van der Waals surface area (Å²) < 4.78 is 22.1. The fourth-order valence-electron chi connectivity index (χ4n) is 1.34. The Morgan fingerprint density at radius 2 is 1.89 bits per heavy atom. The van der Waals surface area contributed by atoms with Crippen LogP contribution in [0.1, 0.15) is 20.3 Å². The van der Waals surface area contributed by atoms with Crippen molar-refractivity contribution >= 4 is 21.6 Å². The van der Waals surface area contributed by atoms with Gasteiger partial charge in [-0.3, -0.25) is 4.79 Å². The van der Waals surface area contributed by atoms with Gasteiger partial charge in [0, 0.05) is 11.7 Å². The maximum absolute atomic E-state index is 11.6. The number of anilines is 1. The Bertz CT molecular complexity index is 526. The average molecular weight is 285 g/mol. The van der Waals surface area contributed by atoms with Crippen molar-refractivity contribution in [3.63, 3.8) is 0 Å². The van der Waals surface area contributed by atoms with Gasteiger partial charge in [-0.2, -0.15) is 0 Å². The molecule has 1 amide bonds. The van der Waals surface area contributed by atoms with Crippen LogP contribution < -0.4 is 15.8 Å². The predicted molar refractivity (Wildman–Crippen MR) is 74.2 cm³/mol. The number of benzene rings is 1. The molecule has 0 aliphatic heterocycles. The lowest BCUT2D eigenvalue weighted by Crippen LogP contribution is -2.33. The van der Waals surface area contributed by atoms with Gasteiger partial charge in [-0.1, -0.05) is 6.92 Å². The number of amides is 1. The molecule has 0 bridgehead atoms. The Hall–Kier alpha value is -1.44. The van der Waals surface area contributed by atoms with Gasteiger partial charge >= 0.3 is 0 Å². The maximum Gasteiger partial charge on any atom is 0.238 e. The van der Waals surface area contributed by atoms with Crippen molar-refractivity contribution in [2.75, 3.05) is 11.9 Å². The molecule has 1 aromatic rings. The summed E-state index contributed by atoms with van der Waals surface area (Å²) in [6.07, 6.45) is 0.941. The maximum atomic E-state index is 11.6. The molecule has 0 heterocycles. The minimum absolute atomic E-state index is 0.0169. The van der Waals surface area contributed by atoms with Gasteiger partial charge in [0.1, 0.15) is 0 Å². The zero-order valence-corrected chi connectivity index (χ0v) is 11.8. The topological polar surface area (TPSA) is 101 Å². The highest BCUT2D eigenvalue weighted by Gasteiger charge is 2.08. The second-order valence-corrected chi connectivity index (χ2v) is 5.87. The summed E-state index contributed by atoms with van der Waals surface area (Å²) >= 11 is 0. The van der Waals surface area contributed by atoms with Crippen molar-refractivity contribution in [3.8, 4) is 0 Å². The quantitative estimate of drug-likeness (QED) is 0.714. The highest BCUT2D eigenvalue weighted by Crippen LogP contribution is 2.12. The van der Waals surface area contributed by atoms with E-state index < -0.39 is 10.0 Å². The van der Waals surface area contributed by atoms with E-state index >= 15 is 0 Å². The fraction of sp³-hybridized carbons (Fsp3) is 0.417. The van der Waals surface area contributed by atoms with Gasteiger partial charge in [0.2, 0.25) is 15.9 Å². The van der Waals surface area contributed by atoms with Crippen molar-refractivity contribution in [1.29, 1.82) is 0 Å². The summed E-state index contributed by atoms with van der Waals surface area (Å²) in [5.41, 5.74) is 0.531. The lowest BCUT2D eigenvalue weighted by Gasteiger charge is -2.11. The molecule has 1 aromatic carbocycles. The summed E-state index contributed by atoms with van der Waals surface area (Å²) in [5.74, 6) is -0.177. The molecule has 0 aliphatic rings. The van der Waals surface area contributed by atoms with Crippen molar-refractivity contribution in [1.82, 2.24) is 5.32 Å². The first-order valence-corrected chi connectivity index (χ1v) is 7.53. The summed E-state index contributed by atoms with van der Waals surface area (Å²) in [6.45, 7) is 4.24. The highest BCUT2D eigenvalue weighted by molar-refractivity contribution is 7.89.